The van der Waals surface area contributed by atoms with Gasteiger partial charge in [0.2, 0.25) is 5.91 Å². The second kappa shape index (κ2) is 6.28. The maximum atomic E-state index is 13.0. The highest BCUT2D eigenvalue weighted by Crippen LogP contribution is 2.14. The molecule has 0 aromatic heterocycles. The van der Waals surface area contributed by atoms with Gasteiger partial charge in [-0.05, 0) is 26.0 Å². The summed E-state index contributed by atoms with van der Waals surface area (Å²) in [4.78, 5) is 13.9. The summed E-state index contributed by atoms with van der Waals surface area (Å²) in [5, 5.41) is 2.56. The van der Waals surface area contributed by atoms with Gasteiger partial charge in [0.15, 0.2) is 11.6 Å². The summed E-state index contributed by atoms with van der Waals surface area (Å²) in [5.41, 5.74) is 0.253. The number of ether oxygens (including phenoxy) is 1. The minimum absolute atomic E-state index is 0.0785. The van der Waals surface area contributed by atoms with Crippen LogP contribution in [-0.4, -0.2) is 42.6 Å². The number of nitrogens with one attached hydrogen (secondary N) is 1. The van der Waals surface area contributed by atoms with E-state index in [9.17, 15) is 13.6 Å². The molecule has 0 spiro atoms. The molecule has 4 nitrogen and oxygen atoms in total. The number of rotatable bonds is 3. The minimum Gasteiger partial charge on any atom is -0.373 e. The lowest BCUT2D eigenvalue weighted by Crippen LogP contribution is -2.48. The van der Waals surface area contributed by atoms with Gasteiger partial charge < -0.3 is 10.1 Å². The molecule has 0 unspecified atom stereocenters. The van der Waals surface area contributed by atoms with Gasteiger partial charge in [0.05, 0.1) is 18.8 Å². The highest BCUT2D eigenvalue weighted by Gasteiger charge is 2.23. The van der Waals surface area contributed by atoms with Gasteiger partial charge in [-0.1, -0.05) is 0 Å². The summed E-state index contributed by atoms with van der Waals surface area (Å²) in [6, 6.07) is 3.29. The number of carbonyl (C=O) groups is 1. The predicted octanol–water partition coefficient (Wildman–Crippen LogP) is 2.01. The van der Waals surface area contributed by atoms with E-state index in [2.05, 4.69) is 5.32 Å². The maximum Gasteiger partial charge on any atom is 0.238 e. The monoisotopic (exact) mass is 284 g/mol. The Morgan fingerprint density at radius 3 is 2.55 bits per heavy atom. The van der Waals surface area contributed by atoms with Crippen LogP contribution in [0.25, 0.3) is 0 Å². The largest absolute Gasteiger partial charge is 0.373 e. The predicted molar refractivity (Wildman–Crippen MR) is 71.4 cm³/mol. The third-order valence-electron chi connectivity index (χ3n) is 3.07. The van der Waals surface area contributed by atoms with Crippen LogP contribution in [0.5, 0.6) is 0 Å². The van der Waals surface area contributed by atoms with E-state index in [0.29, 0.717) is 13.1 Å². The van der Waals surface area contributed by atoms with Gasteiger partial charge in [-0.25, -0.2) is 8.78 Å². The van der Waals surface area contributed by atoms with Crippen LogP contribution in [0.1, 0.15) is 13.8 Å². The fourth-order valence-electron chi connectivity index (χ4n) is 2.39. The van der Waals surface area contributed by atoms with Crippen molar-refractivity contribution in [2.45, 2.75) is 26.1 Å². The Morgan fingerprint density at radius 1 is 1.30 bits per heavy atom. The summed E-state index contributed by atoms with van der Waals surface area (Å²) < 4.78 is 31.4. The fourth-order valence-corrected chi connectivity index (χ4v) is 2.39. The van der Waals surface area contributed by atoms with Crippen LogP contribution >= 0.6 is 0 Å². The molecule has 1 saturated heterocycles. The van der Waals surface area contributed by atoms with E-state index in [1.54, 1.807) is 0 Å². The van der Waals surface area contributed by atoms with Crippen LogP contribution in [0, 0.1) is 11.6 Å². The van der Waals surface area contributed by atoms with Gasteiger partial charge in [0, 0.05) is 24.8 Å². The van der Waals surface area contributed by atoms with Crippen molar-refractivity contribution in [2.75, 3.05) is 25.0 Å². The second-order valence-corrected chi connectivity index (χ2v) is 5.13. The summed E-state index contributed by atoms with van der Waals surface area (Å²) in [7, 11) is 0. The number of hydrogen-bond donors (Lipinski definition) is 1. The lowest BCUT2D eigenvalue weighted by Gasteiger charge is -2.34. The van der Waals surface area contributed by atoms with Crippen LogP contribution in [0.3, 0.4) is 0 Å². The Balaban J connectivity index is 1.90. The molecule has 1 aromatic rings. The van der Waals surface area contributed by atoms with Crippen LogP contribution < -0.4 is 5.32 Å². The molecule has 0 radical (unpaired) electrons. The van der Waals surface area contributed by atoms with E-state index in [-0.39, 0.29) is 30.3 Å². The molecule has 110 valence electrons. The van der Waals surface area contributed by atoms with Crippen molar-refractivity contribution in [3.8, 4) is 0 Å². The number of amides is 1. The molecule has 1 heterocycles. The van der Waals surface area contributed by atoms with Crippen molar-refractivity contribution < 1.29 is 18.3 Å². The van der Waals surface area contributed by atoms with Crippen molar-refractivity contribution >= 4 is 11.6 Å². The number of carbonyl (C=O) groups excluding carboxylic acids is 1. The van der Waals surface area contributed by atoms with Gasteiger partial charge in [-0.2, -0.15) is 0 Å². The zero-order valence-corrected chi connectivity index (χ0v) is 11.5. The van der Waals surface area contributed by atoms with E-state index in [4.69, 9.17) is 4.74 Å². The highest BCUT2D eigenvalue weighted by molar-refractivity contribution is 5.92. The first kappa shape index (κ1) is 14.9. The van der Waals surface area contributed by atoms with Crippen molar-refractivity contribution in [3.63, 3.8) is 0 Å². The third kappa shape index (κ3) is 3.98. The summed E-state index contributed by atoms with van der Waals surface area (Å²) >= 11 is 0. The average Bonchev–Trinajstić information content (AvgIpc) is 2.32. The standard InChI is InChI=1S/C14H18F2N2O2/c1-9-6-18(7-10(2)20-9)8-14(19)17-11-3-4-12(15)13(16)5-11/h3-5,9-10H,6-8H2,1-2H3,(H,17,19)/t9-,10-/m0/s1. The fraction of sp³-hybridized carbons (Fsp3) is 0.500. The maximum absolute atomic E-state index is 13.0. The number of morpholine rings is 1. The molecule has 2 atom stereocenters. The Labute approximate surface area is 116 Å². The third-order valence-corrected chi connectivity index (χ3v) is 3.07. The molecule has 2 rings (SSSR count). The molecular weight excluding hydrogens is 266 g/mol. The van der Waals surface area contributed by atoms with E-state index in [1.807, 2.05) is 18.7 Å². The first-order valence-corrected chi connectivity index (χ1v) is 6.56. The molecular formula is C14H18F2N2O2. The van der Waals surface area contributed by atoms with Crippen molar-refractivity contribution in [1.82, 2.24) is 4.90 Å². The Morgan fingerprint density at radius 2 is 1.95 bits per heavy atom. The van der Waals surface area contributed by atoms with E-state index in [1.165, 1.54) is 6.07 Å². The SMILES string of the molecule is C[C@H]1CN(CC(=O)Nc2ccc(F)c(F)c2)C[C@H](C)O1. The summed E-state index contributed by atoms with van der Waals surface area (Å²) in [6.07, 6.45) is 0.157. The zero-order chi connectivity index (χ0) is 14.7. The number of anilines is 1. The Hall–Kier alpha value is -1.53. The summed E-state index contributed by atoms with van der Waals surface area (Å²) in [6.45, 7) is 5.47. The molecule has 1 N–H and O–H groups in total. The molecule has 6 heteroatoms. The molecule has 20 heavy (non-hydrogen) atoms. The van der Waals surface area contributed by atoms with E-state index in [0.717, 1.165) is 12.1 Å². The lowest BCUT2D eigenvalue weighted by molar-refractivity contribution is -0.121. The van der Waals surface area contributed by atoms with Gasteiger partial charge >= 0.3 is 0 Å². The van der Waals surface area contributed by atoms with Crippen LogP contribution in [0.15, 0.2) is 18.2 Å². The van der Waals surface area contributed by atoms with Crippen molar-refractivity contribution in [3.05, 3.63) is 29.8 Å². The number of halogens is 2. The van der Waals surface area contributed by atoms with Gasteiger partial charge in [0.1, 0.15) is 0 Å². The lowest BCUT2D eigenvalue weighted by atomic mass is 10.2. The van der Waals surface area contributed by atoms with E-state index < -0.39 is 11.6 Å². The first-order chi connectivity index (χ1) is 9.44. The van der Waals surface area contributed by atoms with Crippen LogP contribution in [0.2, 0.25) is 0 Å². The van der Waals surface area contributed by atoms with Gasteiger partial charge in [-0.15, -0.1) is 0 Å². The number of nitrogens with zero attached hydrogens (tertiary/aromatic N) is 1. The summed E-state index contributed by atoms with van der Waals surface area (Å²) in [5.74, 6) is -2.16. The average molecular weight is 284 g/mol. The molecule has 1 aromatic carbocycles. The molecule has 0 bridgehead atoms. The molecule has 1 aliphatic heterocycles. The first-order valence-electron chi connectivity index (χ1n) is 6.56. The van der Waals surface area contributed by atoms with Gasteiger partial charge in [-0.3, -0.25) is 9.69 Å². The zero-order valence-electron chi connectivity index (χ0n) is 11.5. The topological polar surface area (TPSA) is 41.6 Å². The number of hydrogen-bond acceptors (Lipinski definition) is 3. The quantitative estimate of drug-likeness (QED) is 0.923. The normalized spacial score (nSPS) is 23.6. The molecule has 1 fully saturated rings. The highest BCUT2D eigenvalue weighted by atomic mass is 19.2. The molecule has 0 saturated carbocycles. The smallest absolute Gasteiger partial charge is 0.238 e. The number of benzene rings is 1. The Kier molecular flexibility index (Phi) is 4.67. The second-order valence-electron chi connectivity index (χ2n) is 5.13. The van der Waals surface area contributed by atoms with Crippen molar-refractivity contribution in [2.24, 2.45) is 0 Å². The van der Waals surface area contributed by atoms with Gasteiger partial charge in [0.25, 0.3) is 0 Å². The van der Waals surface area contributed by atoms with Crippen molar-refractivity contribution in [1.29, 1.82) is 0 Å². The molecule has 1 aliphatic rings. The van der Waals surface area contributed by atoms with E-state index >= 15 is 0 Å². The Bertz CT molecular complexity index is 486. The van der Waals surface area contributed by atoms with Crippen LogP contribution in [-0.2, 0) is 9.53 Å². The molecule has 1 amide bonds. The molecule has 0 aliphatic carbocycles. The minimum atomic E-state index is -0.976. The van der Waals surface area contributed by atoms with Crippen LogP contribution in [0.4, 0.5) is 14.5 Å².